The second-order valence-corrected chi connectivity index (χ2v) is 9.79. The molecule has 2 atom stereocenters. The van der Waals surface area contributed by atoms with Crippen LogP contribution in [0.25, 0.3) is 0 Å². The number of rotatable bonds is 4. The number of carbonyl (C=O) groups excluding carboxylic acids is 1. The molecule has 0 unspecified atom stereocenters. The monoisotopic (exact) mass is 391 g/mol. The lowest BCUT2D eigenvalue weighted by Crippen LogP contribution is -2.33. The molecule has 24 heavy (non-hydrogen) atoms. The van der Waals surface area contributed by atoms with Crippen molar-refractivity contribution in [1.29, 1.82) is 0 Å². The first kappa shape index (κ1) is 18.0. The van der Waals surface area contributed by atoms with E-state index in [1.54, 1.807) is 18.2 Å². The van der Waals surface area contributed by atoms with Gasteiger partial charge >= 0.3 is 0 Å². The number of nitrogens with one attached hydrogen (secondary N) is 1. The van der Waals surface area contributed by atoms with Gasteiger partial charge in [-0.25, -0.2) is 8.42 Å². The van der Waals surface area contributed by atoms with Gasteiger partial charge in [0.05, 0.1) is 17.6 Å². The summed E-state index contributed by atoms with van der Waals surface area (Å²) in [6, 6.07) is 4.95. The Hall–Kier alpha value is -0.820. The Kier molecular flexibility index (Phi) is 4.86. The summed E-state index contributed by atoms with van der Waals surface area (Å²) in [5.74, 6) is 0.0157. The van der Waals surface area contributed by atoms with Crippen molar-refractivity contribution in [3.05, 3.63) is 33.8 Å². The molecule has 132 valence electrons. The summed E-state index contributed by atoms with van der Waals surface area (Å²) in [5, 5.41) is 13.7. The van der Waals surface area contributed by atoms with Crippen LogP contribution in [0, 0.1) is 11.3 Å². The quantitative estimate of drug-likeness (QED) is 0.824. The van der Waals surface area contributed by atoms with Crippen molar-refractivity contribution in [2.75, 3.05) is 18.1 Å². The first-order valence-corrected chi connectivity index (χ1v) is 10.4. The van der Waals surface area contributed by atoms with Gasteiger partial charge in [0.15, 0.2) is 0 Å². The number of aliphatic hydroxyl groups excluding tert-OH is 1. The number of amides is 1. The van der Waals surface area contributed by atoms with Crippen molar-refractivity contribution >= 4 is 38.9 Å². The third kappa shape index (κ3) is 3.57. The lowest BCUT2D eigenvalue weighted by molar-refractivity contribution is -0.123. The first-order chi connectivity index (χ1) is 11.2. The van der Waals surface area contributed by atoms with Crippen molar-refractivity contribution < 1.29 is 18.3 Å². The van der Waals surface area contributed by atoms with Gasteiger partial charge in [0.25, 0.3) is 0 Å². The summed E-state index contributed by atoms with van der Waals surface area (Å²) in [5.41, 5.74) is 0.234. The number of sulfone groups is 1. The van der Waals surface area contributed by atoms with E-state index in [-0.39, 0.29) is 35.3 Å². The van der Waals surface area contributed by atoms with Crippen LogP contribution in [-0.2, 0) is 14.6 Å². The van der Waals surface area contributed by atoms with Gasteiger partial charge in [0, 0.05) is 28.1 Å². The number of halogens is 2. The lowest BCUT2D eigenvalue weighted by Gasteiger charge is -2.22. The fourth-order valence-electron chi connectivity index (χ4n) is 3.47. The standard InChI is InChI=1S/C16H19Cl2NO4S/c17-11-2-1-3-12(18)14(11)13(20)9-19-15(21)10-8-16(10)4-6-24(22,23)7-5-16/h1-3,10,13,20H,4-9H2,(H,19,21)/t10-,13+/m0/s1. The number of hydrogen-bond donors (Lipinski definition) is 2. The van der Waals surface area contributed by atoms with E-state index in [1.807, 2.05) is 0 Å². The summed E-state index contributed by atoms with van der Waals surface area (Å²) in [6.07, 6.45) is 0.826. The van der Waals surface area contributed by atoms with Gasteiger partial charge in [-0.15, -0.1) is 0 Å². The highest BCUT2D eigenvalue weighted by atomic mass is 35.5. The number of aliphatic hydroxyl groups is 1. The summed E-state index contributed by atoms with van der Waals surface area (Å²) >= 11 is 12.1. The van der Waals surface area contributed by atoms with Crippen molar-refractivity contribution in [2.24, 2.45) is 11.3 Å². The molecule has 1 saturated heterocycles. The van der Waals surface area contributed by atoms with E-state index in [0.29, 0.717) is 28.5 Å². The van der Waals surface area contributed by atoms with E-state index in [2.05, 4.69) is 5.32 Å². The van der Waals surface area contributed by atoms with Gasteiger partial charge < -0.3 is 10.4 Å². The van der Waals surface area contributed by atoms with E-state index in [0.717, 1.165) is 6.42 Å². The summed E-state index contributed by atoms with van der Waals surface area (Å²) in [6.45, 7) is 0.0210. The van der Waals surface area contributed by atoms with Crippen molar-refractivity contribution in [3.63, 3.8) is 0 Å². The van der Waals surface area contributed by atoms with Gasteiger partial charge in [-0.05, 0) is 36.8 Å². The smallest absolute Gasteiger partial charge is 0.223 e. The normalized spacial score (nSPS) is 25.2. The fraction of sp³-hybridized carbons (Fsp3) is 0.562. The van der Waals surface area contributed by atoms with Crippen LogP contribution in [0.1, 0.15) is 30.9 Å². The van der Waals surface area contributed by atoms with Crippen LogP contribution in [0.15, 0.2) is 18.2 Å². The molecule has 0 radical (unpaired) electrons. The molecule has 2 aliphatic rings. The lowest BCUT2D eigenvalue weighted by atomic mass is 9.96. The molecule has 1 aliphatic carbocycles. The zero-order valence-corrected chi connectivity index (χ0v) is 15.3. The first-order valence-electron chi connectivity index (χ1n) is 7.84. The second kappa shape index (κ2) is 6.48. The average molecular weight is 392 g/mol. The van der Waals surface area contributed by atoms with Crippen LogP contribution in [0.4, 0.5) is 0 Å². The van der Waals surface area contributed by atoms with Crippen molar-refractivity contribution in [3.8, 4) is 0 Å². The molecule has 2 N–H and O–H groups in total. The molecule has 0 bridgehead atoms. The molecule has 3 rings (SSSR count). The van der Waals surface area contributed by atoms with Crippen molar-refractivity contribution in [1.82, 2.24) is 5.32 Å². The molecular formula is C16H19Cl2NO4S. The van der Waals surface area contributed by atoms with Crippen LogP contribution in [0.3, 0.4) is 0 Å². The summed E-state index contributed by atoms with van der Waals surface area (Å²) in [4.78, 5) is 12.3. The molecule has 1 aromatic rings. The average Bonchev–Trinajstić information content (AvgIpc) is 3.23. The van der Waals surface area contributed by atoms with E-state index < -0.39 is 15.9 Å². The Morgan fingerprint density at radius 2 is 1.88 bits per heavy atom. The Labute approximate surface area is 151 Å². The zero-order chi connectivity index (χ0) is 17.5. The number of carbonyl (C=O) groups is 1. The number of benzene rings is 1. The topological polar surface area (TPSA) is 83.5 Å². The van der Waals surface area contributed by atoms with Gasteiger partial charge in [-0.2, -0.15) is 0 Å². The fourth-order valence-corrected chi connectivity index (χ4v) is 5.76. The predicted octanol–water partition coefficient (Wildman–Crippen LogP) is 2.36. The molecule has 1 heterocycles. The maximum atomic E-state index is 12.3. The SMILES string of the molecule is O=C(NC[C@@H](O)c1c(Cl)cccc1Cl)[C@@H]1CC12CCS(=O)(=O)CC2. The van der Waals surface area contributed by atoms with Gasteiger partial charge in [-0.1, -0.05) is 29.3 Å². The van der Waals surface area contributed by atoms with Crippen molar-refractivity contribution in [2.45, 2.75) is 25.4 Å². The highest BCUT2D eigenvalue weighted by molar-refractivity contribution is 7.91. The number of hydrogen-bond acceptors (Lipinski definition) is 4. The molecule has 2 fully saturated rings. The van der Waals surface area contributed by atoms with Gasteiger partial charge in [0.2, 0.25) is 5.91 Å². The summed E-state index contributed by atoms with van der Waals surface area (Å²) in [7, 11) is -2.94. The van der Waals surface area contributed by atoms with E-state index in [4.69, 9.17) is 23.2 Å². The maximum Gasteiger partial charge on any atom is 0.223 e. The minimum atomic E-state index is -2.94. The highest BCUT2D eigenvalue weighted by Crippen LogP contribution is 2.59. The van der Waals surface area contributed by atoms with Gasteiger partial charge in [0.1, 0.15) is 9.84 Å². The zero-order valence-electron chi connectivity index (χ0n) is 13.0. The van der Waals surface area contributed by atoms with Gasteiger partial charge in [-0.3, -0.25) is 4.79 Å². The highest BCUT2D eigenvalue weighted by Gasteiger charge is 2.59. The Bertz CT molecular complexity index is 731. The molecular weight excluding hydrogens is 373 g/mol. The molecule has 1 saturated carbocycles. The van der Waals surface area contributed by atoms with Crippen LogP contribution < -0.4 is 5.32 Å². The second-order valence-electron chi connectivity index (χ2n) is 6.67. The molecule has 1 aromatic carbocycles. The molecule has 0 aromatic heterocycles. The van der Waals surface area contributed by atoms with E-state index in [1.165, 1.54) is 0 Å². The van der Waals surface area contributed by atoms with E-state index >= 15 is 0 Å². The molecule has 5 nitrogen and oxygen atoms in total. The van der Waals surface area contributed by atoms with Crippen LogP contribution in [0.5, 0.6) is 0 Å². The molecule has 8 heteroatoms. The summed E-state index contributed by atoms with van der Waals surface area (Å²) < 4.78 is 23.0. The molecule has 1 amide bonds. The van der Waals surface area contributed by atoms with Crippen LogP contribution in [0.2, 0.25) is 10.0 Å². The Balaban J connectivity index is 1.56. The Morgan fingerprint density at radius 1 is 1.29 bits per heavy atom. The minimum absolute atomic E-state index is 0.0210. The third-order valence-electron chi connectivity index (χ3n) is 5.13. The maximum absolute atomic E-state index is 12.3. The largest absolute Gasteiger partial charge is 0.386 e. The predicted molar refractivity (Wildman–Crippen MR) is 92.9 cm³/mol. The Morgan fingerprint density at radius 3 is 2.46 bits per heavy atom. The third-order valence-corrected chi connectivity index (χ3v) is 7.44. The van der Waals surface area contributed by atoms with Crippen LogP contribution >= 0.6 is 23.2 Å². The molecule has 1 aliphatic heterocycles. The molecule has 1 spiro atoms. The van der Waals surface area contributed by atoms with Crippen LogP contribution in [-0.4, -0.2) is 37.5 Å². The minimum Gasteiger partial charge on any atom is -0.386 e. The van der Waals surface area contributed by atoms with E-state index in [9.17, 15) is 18.3 Å².